The Morgan fingerprint density at radius 3 is 2.08 bits per heavy atom. The number of ether oxygens (including phenoxy) is 5. The van der Waals surface area contributed by atoms with Crippen molar-refractivity contribution in [3.05, 3.63) is 0 Å². The molecule has 134 valence electrons. The summed E-state index contributed by atoms with van der Waals surface area (Å²) in [6.45, 7) is 0.418. The number of carbonyl (C=O) groups is 1. The van der Waals surface area contributed by atoms with E-state index in [1.165, 1.54) is 12.8 Å². The molecule has 24 heavy (non-hydrogen) atoms. The molecular weight excluding hydrogens is 312 g/mol. The summed E-state index contributed by atoms with van der Waals surface area (Å²) in [6.07, 6.45) is 8.23. The van der Waals surface area contributed by atoms with E-state index in [1.54, 1.807) is 0 Å². The Labute approximate surface area is 142 Å². The van der Waals surface area contributed by atoms with Gasteiger partial charge in [0.15, 0.2) is 35.9 Å². The van der Waals surface area contributed by atoms with Crippen LogP contribution in [0.5, 0.6) is 0 Å². The van der Waals surface area contributed by atoms with Gasteiger partial charge < -0.3 is 23.7 Å². The van der Waals surface area contributed by atoms with Crippen LogP contribution in [0.15, 0.2) is 0 Å². The zero-order valence-electron chi connectivity index (χ0n) is 14.0. The SMILES string of the molecule is O=C1[C@H]2OC3(CCCCC3)O[C@H]2O[C@@H]1[C@@H]1COC2(CCCCC2)O1. The van der Waals surface area contributed by atoms with Gasteiger partial charge in [-0.25, -0.2) is 0 Å². The number of rotatable bonds is 1. The highest BCUT2D eigenvalue weighted by Crippen LogP contribution is 2.46. The summed E-state index contributed by atoms with van der Waals surface area (Å²) in [6, 6.07) is 0. The summed E-state index contributed by atoms with van der Waals surface area (Å²) in [4.78, 5) is 12.8. The molecule has 0 radical (unpaired) electrons. The van der Waals surface area contributed by atoms with Gasteiger partial charge in [-0.2, -0.15) is 0 Å². The molecular formula is C18H26O6. The Morgan fingerprint density at radius 1 is 0.750 bits per heavy atom. The molecule has 2 spiro atoms. The summed E-state index contributed by atoms with van der Waals surface area (Å²) in [5, 5.41) is 0. The molecule has 0 N–H and O–H groups in total. The average Bonchev–Trinajstić information content (AvgIpc) is 3.23. The molecule has 0 aromatic rings. The van der Waals surface area contributed by atoms with Crippen LogP contribution in [0, 0.1) is 0 Å². The minimum absolute atomic E-state index is 0.0380. The van der Waals surface area contributed by atoms with Gasteiger partial charge in [0, 0.05) is 25.7 Å². The minimum atomic E-state index is -0.623. The van der Waals surface area contributed by atoms with Crippen molar-refractivity contribution in [1.29, 1.82) is 0 Å². The smallest absolute Gasteiger partial charge is 0.198 e. The molecule has 3 heterocycles. The van der Waals surface area contributed by atoms with Gasteiger partial charge in [-0.3, -0.25) is 4.79 Å². The zero-order chi connectivity index (χ0) is 16.2. The van der Waals surface area contributed by atoms with Crippen molar-refractivity contribution in [3.8, 4) is 0 Å². The zero-order valence-corrected chi connectivity index (χ0v) is 14.0. The van der Waals surface area contributed by atoms with E-state index in [0.29, 0.717) is 6.61 Å². The van der Waals surface area contributed by atoms with Crippen LogP contribution in [0.3, 0.4) is 0 Å². The van der Waals surface area contributed by atoms with Crippen LogP contribution in [-0.2, 0) is 28.5 Å². The third kappa shape index (κ3) is 2.46. The molecule has 4 atom stereocenters. The Morgan fingerprint density at radius 2 is 1.42 bits per heavy atom. The van der Waals surface area contributed by atoms with Gasteiger partial charge >= 0.3 is 0 Å². The molecule has 0 unspecified atom stereocenters. The molecule has 0 aromatic heterocycles. The Bertz CT molecular complexity index is 508. The molecule has 5 rings (SSSR count). The van der Waals surface area contributed by atoms with Crippen molar-refractivity contribution in [1.82, 2.24) is 0 Å². The van der Waals surface area contributed by atoms with Crippen molar-refractivity contribution < 1.29 is 28.5 Å². The molecule has 0 aromatic carbocycles. The number of Topliss-reactive ketones (excluding diaryl/α,β-unsaturated/α-hetero) is 1. The van der Waals surface area contributed by atoms with Crippen molar-refractivity contribution in [2.75, 3.05) is 6.61 Å². The fraction of sp³-hybridized carbons (Fsp3) is 0.944. The van der Waals surface area contributed by atoms with Crippen LogP contribution in [0.1, 0.15) is 64.2 Å². The largest absolute Gasteiger partial charge is 0.347 e. The molecule has 6 nitrogen and oxygen atoms in total. The second-order valence-electron chi connectivity index (χ2n) is 7.89. The molecule has 3 aliphatic heterocycles. The summed E-state index contributed by atoms with van der Waals surface area (Å²) in [7, 11) is 0. The van der Waals surface area contributed by atoms with Crippen molar-refractivity contribution in [2.45, 2.75) is 100 Å². The van der Waals surface area contributed by atoms with Crippen molar-refractivity contribution in [3.63, 3.8) is 0 Å². The van der Waals surface area contributed by atoms with E-state index < -0.39 is 30.1 Å². The lowest BCUT2D eigenvalue weighted by atomic mass is 9.94. The standard InChI is InChI=1S/C18H26O6/c19-13-14(12-11-20-17(22-12)7-3-1-4-8-17)21-16-15(13)23-18(24-16)9-5-2-6-10-18/h12,14-16H,1-11H2/t12-,14+,15+,16+/m0/s1. The molecule has 6 heteroatoms. The highest BCUT2D eigenvalue weighted by molar-refractivity contribution is 5.90. The first kappa shape index (κ1) is 15.7. The van der Waals surface area contributed by atoms with Gasteiger partial charge in [0.1, 0.15) is 6.10 Å². The van der Waals surface area contributed by atoms with Gasteiger partial charge in [0.2, 0.25) is 0 Å². The van der Waals surface area contributed by atoms with Crippen LogP contribution < -0.4 is 0 Å². The lowest BCUT2D eigenvalue weighted by Gasteiger charge is -2.33. The Balaban J connectivity index is 1.25. The highest BCUT2D eigenvalue weighted by atomic mass is 16.8. The summed E-state index contributed by atoms with van der Waals surface area (Å²) >= 11 is 0. The molecule has 3 saturated heterocycles. The van der Waals surface area contributed by atoms with Gasteiger partial charge in [0.25, 0.3) is 0 Å². The Hall–Kier alpha value is -0.530. The second-order valence-corrected chi connectivity index (χ2v) is 7.89. The van der Waals surface area contributed by atoms with Crippen LogP contribution in [0.2, 0.25) is 0 Å². The predicted octanol–water partition coefficient (Wildman–Crippen LogP) is 2.43. The number of hydrogen-bond donors (Lipinski definition) is 0. The fourth-order valence-corrected chi connectivity index (χ4v) is 4.93. The number of carbonyl (C=O) groups excluding carboxylic acids is 1. The third-order valence-corrected chi connectivity index (χ3v) is 6.21. The maximum atomic E-state index is 12.8. The highest BCUT2D eigenvalue weighted by Gasteiger charge is 2.60. The average molecular weight is 338 g/mol. The summed E-state index contributed by atoms with van der Waals surface area (Å²) in [5.41, 5.74) is 0. The molecule has 2 aliphatic carbocycles. The number of fused-ring (bicyclic) bond motifs is 1. The van der Waals surface area contributed by atoms with E-state index in [1.807, 2.05) is 0 Å². The fourth-order valence-electron chi connectivity index (χ4n) is 4.93. The molecule has 0 bridgehead atoms. The van der Waals surface area contributed by atoms with E-state index in [9.17, 15) is 4.79 Å². The Kier molecular flexibility index (Phi) is 3.76. The molecule has 0 amide bonds. The predicted molar refractivity (Wildman–Crippen MR) is 82.1 cm³/mol. The number of hydrogen-bond acceptors (Lipinski definition) is 6. The minimum Gasteiger partial charge on any atom is -0.347 e. The summed E-state index contributed by atoms with van der Waals surface area (Å²) < 4.78 is 30.2. The van der Waals surface area contributed by atoms with Crippen LogP contribution in [0.25, 0.3) is 0 Å². The van der Waals surface area contributed by atoms with E-state index in [4.69, 9.17) is 23.7 Å². The van der Waals surface area contributed by atoms with Gasteiger partial charge in [-0.05, 0) is 25.7 Å². The lowest BCUT2D eigenvalue weighted by molar-refractivity contribution is -0.246. The lowest BCUT2D eigenvalue weighted by Crippen LogP contribution is -2.42. The van der Waals surface area contributed by atoms with Gasteiger partial charge in [-0.15, -0.1) is 0 Å². The van der Waals surface area contributed by atoms with Crippen molar-refractivity contribution >= 4 is 5.78 Å². The van der Waals surface area contributed by atoms with Crippen LogP contribution >= 0.6 is 0 Å². The third-order valence-electron chi connectivity index (χ3n) is 6.21. The normalized spacial score (nSPS) is 43.6. The summed E-state index contributed by atoms with van der Waals surface area (Å²) in [5.74, 6) is -1.12. The van der Waals surface area contributed by atoms with Crippen LogP contribution in [-0.4, -0.2) is 48.6 Å². The first-order chi connectivity index (χ1) is 11.7. The van der Waals surface area contributed by atoms with E-state index in [-0.39, 0.29) is 11.9 Å². The van der Waals surface area contributed by atoms with Gasteiger partial charge in [-0.1, -0.05) is 12.8 Å². The number of ketones is 1. The molecule has 5 fully saturated rings. The first-order valence-corrected chi connectivity index (χ1v) is 9.55. The maximum absolute atomic E-state index is 12.8. The molecule has 5 aliphatic rings. The maximum Gasteiger partial charge on any atom is 0.198 e. The van der Waals surface area contributed by atoms with E-state index in [0.717, 1.165) is 51.4 Å². The molecule has 2 saturated carbocycles. The monoisotopic (exact) mass is 338 g/mol. The second kappa shape index (κ2) is 5.74. The van der Waals surface area contributed by atoms with E-state index >= 15 is 0 Å². The van der Waals surface area contributed by atoms with E-state index in [2.05, 4.69) is 0 Å². The van der Waals surface area contributed by atoms with Crippen molar-refractivity contribution in [2.24, 2.45) is 0 Å². The quantitative estimate of drug-likeness (QED) is 0.732. The topological polar surface area (TPSA) is 63.2 Å². The van der Waals surface area contributed by atoms with Crippen LogP contribution in [0.4, 0.5) is 0 Å². The first-order valence-electron chi connectivity index (χ1n) is 9.55. The van der Waals surface area contributed by atoms with Gasteiger partial charge in [0.05, 0.1) is 6.61 Å².